The molecule has 1 rings (SSSR count). The zero-order chi connectivity index (χ0) is 12.5. The van der Waals surface area contributed by atoms with Crippen LogP contribution in [0.2, 0.25) is 0 Å². The Kier molecular flexibility index (Phi) is 3.44. The van der Waals surface area contributed by atoms with Crippen molar-refractivity contribution in [2.45, 2.75) is 19.5 Å². The van der Waals surface area contributed by atoms with E-state index in [1.165, 1.54) is 6.92 Å². The molecule has 1 aliphatic rings. The van der Waals surface area contributed by atoms with E-state index in [1.54, 1.807) is 0 Å². The number of halogens is 3. The van der Waals surface area contributed by atoms with E-state index in [9.17, 15) is 22.8 Å². The molecule has 0 aliphatic carbocycles. The highest BCUT2D eigenvalue weighted by molar-refractivity contribution is 5.82. The number of likely N-dealkylation sites (tertiary alicyclic amines) is 1. The minimum absolute atomic E-state index is 0.0678. The van der Waals surface area contributed by atoms with Crippen LogP contribution in [0, 0.1) is 11.8 Å². The summed E-state index contributed by atoms with van der Waals surface area (Å²) in [6.45, 7) is 1.23. The lowest BCUT2D eigenvalue weighted by Gasteiger charge is -2.35. The number of carbonyl (C=O) groups excluding carboxylic acids is 1. The van der Waals surface area contributed by atoms with Crippen molar-refractivity contribution >= 4 is 11.9 Å². The van der Waals surface area contributed by atoms with Crippen LogP contribution < -0.4 is 0 Å². The zero-order valence-corrected chi connectivity index (χ0v) is 8.62. The Balaban J connectivity index is 2.65. The number of alkyl halides is 3. The number of hydrogen-bond donors (Lipinski definition) is 1. The molecule has 2 unspecified atom stereocenters. The van der Waals surface area contributed by atoms with Gasteiger partial charge >= 0.3 is 18.1 Å². The first kappa shape index (κ1) is 12.8. The number of amides is 1. The smallest absolute Gasteiger partial charge is 0.471 e. The topological polar surface area (TPSA) is 57.6 Å². The molecular formula is C9H12F3NO3. The molecule has 0 saturated carbocycles. The summed E-state index contributed by atoms with van der Waals surface area (Å²) in [6.07, 6.45) is -4.81. The summed E-state index contributed by atoms with van der Waals surface area (Å²) in [4.78, 5) is 22.3. The van der Waals surface area contributed by atoms with Crippen molar-refractivity contribution in [3.05, 3.63) is 0 Å². The molecule has 2 atom stereocenters. The number of aliphatic carboxylic acids is 1. The Morgan fingerprint density at radius 3 is 2.31 bits per heavy atom. The number of carbonyl (C=O) groups is 2. The second-order valence-electron chi connectivity index (χ2n) is 3.96. The van der Waals surface area contributed by atoms with Crippen LogP contribution in [0.5, 0.6) is 0 Å². The average Bonchev–Trinajstić information content (AvgIpc) is 2.14. The van der Waals surface area contributed by atoms with E-state index >= 15 is 0 Å². The summed E-state index contributed by atoms with van der Waals surface area (Å²) >= 11 is 0. The summed E-state index contributed by atoms with van der Waals surface area (Å²) < 4.78 is 36.3. The maximum Gasteiger partial charge on any atom is 0.471 e. The van der Waals surface area contributed by atoms with Gasteiger partial charge in [0, 0.05) is 13.1 Å². The van der Waals surface area contributed by atoms with Gasteiger partial charge < -0.3 is 10.0 Å². The van der Waals surface area contributed by atoms with Crippen LogP contribution in [0.4, 0.5) is 13.2 Å². The van der Waals surface area contributed by atoms with E-state index in [0.717, 1.165) is 0 Å². The Morgan fingerprint density at radius 1 is 1.38 bits per heavy atom. The number of carboxylic acids is 1. The number of rotatable bonds is 1. The minimum atomic E-state index is -4.88. The standard InChI is InChI=1S/C9H12F3NO3/c1-5-4-13(8(16)9(10,11)12)3-2-6(5)7(14)15/h5-6H,2-4H2,1H3,(H,14,15). The van der Waals surface area contributed by atoms with Crippen LogP contribution in [-0.4, -0.2) is 41.1 Å². The van der Waals surface area contributed by atoms with Crippen molar-refractivity contribution in [1.82, 2.24) is 4.90 Å². The number of piperidine rings is 1. The first-order valence-corrected chi connectivity index (χ1v) is 4.82. The number of nitrogens with zero attached hydrogens (tertiary/aromatic N) is 1. The van der Waals surface area contributed by atoms with Crippen LogP contribution in [0.15, 0.2) is 0 Å². The third kappa shape index (κ3) is 2.65. The van der Waals surface area contributed by atoms with Gasteiger partial charge in [-0.2, -0.15) is 13.2 Å². The third-order valence-electron chi connectivity index (χ3n) is 2.75. The van der Waals surface area contributed by atoms with Gasteiger partial charge in [0.15, 0.2) is 0 Å². The van der Waals surface area contributed by atoms with E-state index in [2.05, 4.69) is 0 Å². The van der Waals surface area contributed by atoms with Crippen molar-refractivity contribution < 1.29 is 27.9 Å². The quantitative estimate of drug-likeness (QED) is 0.745. The molecule has 0 bridgehead atoms. The minimum Gasteiger partial charge on any atom is -0.481 e. The van der Waals surface area contributed by atoms with Crippen molar-refractivity contribution in [2.75, 3.05) is 13.1 Å². The highest BCUT2D eigenvalue weighted by atomic mass is 19.4. The second-order valence-corrected chi connectivity index (χ2v) is 3.96. The fourth-order valence-electron chi connectivity index (χ4n) is 1.88. The molecular weight excluding hydrogens is 227 g/mol. The van der Waals surface area contributed by atoms with Gasteiger partial charge in [-0.3, -0.25) is 9.59 Å². The van der Waals surface area contributed by atoms with Gasteiger partial charge in [0.1, 0.15) is 0 Å². The van der Waals surface area contributed by atoms with Crippen molar-refractivity contribution in [2.24, 2.45) is 11.8 Å². The van der Waals surface area contributed by atoms with Gasteiger partial charge in [-0.05, 0) is 12.3 Å². The van der Waals surface area contributed by atoms with Gasteiger partial charge in [-0.15, -0.1) is 0 Å². The maximum absolute atomic E-state index is 12.1. The highest BCUT2D eigenvalue weighted by Gasteiger charge is 2.45. The van der Waals surface area contributed by atoms with E-state index in [4.69, 9.17) is 5.11 Å². The maximum atomic E-state index is 12.1. The van der Waals surface area contributed by atoms with E-state index in [1.807, 2.05) is 0 Å². The first-order valence-electron chi connectivity index (χ1n) is 4.82. The fraction of sp³-hybridized carbons (Fsp3) is 0.778. The van der Waals surface area contributed by atoms with Crippen LogP contribution >= 0.6 is 0 Å². The van der Waals surface area contributed by atoms with E-state index < -0.39 is 29.9 Å². The van der Waals surface area contributed by atoms with Crippen LogP contribution in [0.3, 0.4) is 0 Å². The Morgan fingerprint density at radius 2 is 1.94 bits per heavy atom. The summed E-state index contributed by atoms with van der Waals surface area (Å²) in [5.74, 6) is -4.04. The molecule has 1 saturated heterocycles. The van der Waals surface area contributed by atoms with Crippen LogP contribution in [0.25, 0.3) is 0 Å². The average molecular weight is 239 g/mol. The predicted molar refractivity (Wildman–Crippen MR) is 47.5 cm³/mol. The number of hydrogen-bond acceptors (Lipinski definition) is 2. The van der Waals surface area contributed by atoms with Gasteiger partial charge in [0.2, 0.25) is 0 Å². The monoisotopic (exact) mass is 239 g/mol. The molecule has 0 aromatic carbocycles. The molecule has 1 N–H and O–H groups in total. The molecule has 92 valence electrons. The van der Waals surface area contributed by atoms with Gasteiger partial charge in [-0.25, -0.2) is 0 Å². The Hall–Kier alpha value is -1.27. The fourth-order valence-corrected chi connectivity index (χ4v) is 1.88. The lowest BCUT2D eigenvalue weighted by molar-refractivity contribution is -0.188. The van der Waals surface area contributed by atoms with Crippen LogP contribution in [0.1, 0.15) is 13.3 Å². The molecule has 0 aromatic heterocycles. The molecule has 16 heavy (non-hydrogen) atoms. The zero-order valence-electron chi connectivity index (χ0n) is 8.62. The molecule has 1 amide bonds. The Bertz CT molecular complexity index is 303. The predicted octanol–water partition coefficient (Wildman–Crippen LogP) is 1.12. The summed E-state index contributed by atoms with van der Waals surface area (Å²) in [5, 5.41) is 8.77. The van der Waals surface area contributed by atoms with Crippen LogP contribution in [-0.2, 0) is 9.59 Å². The molecule has 0 spiro atoms. The third-order valence-corrected chi connectivity index (χ3v) is 2.75. The molecule has 1 aliphatic heterocycles. The second kappa shape index (κ2) is 4.31. The van der Waals surface area contributed by atoms with Gasteiger partial charge in [0.25, 0.3) is 0 Å². The summed E-state index contributed by atoms with van der Waals surface area (Å²) in [5.41, 5.74) is 0. The van der Waals surface area contributed by atoms with E-state index in [0.29, 0.717) is 4.90 Å². The highest BCUT2D eigenvalue weighted by Crippen LogP contribution is 2.27. The van der Waals surface area contributed by atoms with Crippen molar-refractivity contribution in [3.8, 4) is 0 Å². The molecule has 1 fully saturated rings. The molecule has 0 aromatic rings. The van der Waals surface area contributed by atoms with Gasteiger partial charge in [-0.1, -0.05) is 6.92 Å². The van der Waals surface area contributed by atoms with Crippen molar-refractivity contribution in [3.63, 3.8) is 0 Å². The largest absolute Gasteiger partial charge is 0.481 e. The first-order chi connectivity index (χ1) is 7.23. The van der Waals surface area contributed by atoms with E-state index in [-0.39, 0.29) is 19.5 Å². The van der Waals surface area contributed by atoms with Gasteiger partial charge in [0.05, 0.1) is 5.92 Å². The number of carboxylic acid groups (broad SMARTS) is 1. The molecule has 0 radical (unpaired) electrons. The summed E-state index contributed by atoms with van der Waals surface area (Å²) in [6, 6.07) is 0. The Labute approximate surface area is 90.0 Å². The molecule has 4 nitrogen and oxygen atoms in total. The normalized spacial score (nSPS) is 26.6. The summed E-state index contributed by atoms with van der Waals surface area (Å²) in [7, 11) is 0. The molecule has 1 heterocycles. The van der Waals surface area contributed by atoms with Crippen molar-refractivity contribution in [1.29, 1.82) is 0 Å². The lowest BCUT2D eigenvalue weighted by atomic mass is 9.87. The molecule has 7 heteroatoms. The SMILES string of the molecule is CC1CN(C(=O)C(F)(F)F)CCC1C(=O)O. The lowest BCUT2D eigenvalue weighted by Crippen LogP contribution is -2.49.